The number of hydrogen-bond donors (Lipinski definition) is 1. The second kappa shape index (κ2) is 10.7. The molecule has 222 valence electrons. The molecule has 0 aliphatic carbocycles. The predicted molar refractivity (Wildman–Crippen MR) is 168 cm³/mol. The van der Waals surface area contributed by atoms with Gasteiger partial charge in [0.25, 0.3) is 5.69 Å². The number of rotatable bonds is 8. The van der Waals surface area contributed by atoms with Crippen molar-refractivity contribution in [3.8, 4) is 5.75 Å². The molecule has 4 aromatic rings. The third-order valence-electron chi connectivity index (χ3n) is 8.97. The average molecular weight is 598 g/mol. The minimum absolute atomic E-state index is 0.0675. The summed E-state index contributed by atoms with van der Waals surface area (Å²) < 4.78 is 5.88. The maximum Gasteiger partial charge on any atom is 0.270 e. The Morgan fingerprint density at radius 1 is 0.978 bits per heavy atom. The highest BCUT2D eigenvalue weighted by Crippen LogP contribution is 2.62. The Labute approximate surface area is 258 Å². The quantitative estimate of drug-likeness (QED) is 0.112. The number of nitro groups is 1. The lowest BCUT2D eigenvalue weighted by Crippen LogP contribution is -2.49. The fraction of sp³-hybridized carbons (Fsp3) is 0.139. The van der Waals surface area contributed by atoms with E-state index in [4.69, 9.17) is 4.74 Å². The summed E-state index contributed by atoms with van der Waals surface area (Å²) in [4.78, 5) is 57.4. The van der Waals surface area contributed by atoms with Gasteiger partial charge in [0.05, 0.1) is 22.4 Å². The molecule has 3 aliphatic rings. The van der Waals surface area contributed by atoms with Gasteiger partial charge in [0.15, 0.2) is 11.6 Å². The molecule has 45 heavy (non-hydrogen) atoms. The van der Waals surface area contributed by atoms with Crippen molar-refractivity contribution >= 4 is 34.9 Å². The number of non-ortho nitro benzene ring substituents is 1. The molecule has 7 rings (SSSR count). The standard InChI is InChI=1S/C36H27N3O6/c1-2-20-45-29-17-8-5-14-26(29)33(41)30-31(32(40)23-11-9-12-24(21-23)39(43)44)38-19-18-22-10-3-4-13-25(22)34(38)36(30)27-15-6-7-16-28(27)37-35(36)42/h2-19,21,30-31,34H,1,20H2,(H,37,42)/t30-,31-,34-,36-/m1/s1. The molecule has 0 aromatic heterocycles. The van der Waals surface area contributed by atoms with E-state index < -0.39 is 45.8 Å². The van der Waals surface area contributed by atoms with E-state index in [2.05, 4.69) is 11.9 Å². The van der Waals surface area contributed by atoms with Crippen LogP contribution in [0.2, 0.25) is 0 Å². The Hall–Kier alpha value is -5.83. The molecule has 1 amide bonds. The van der Waals surface area contributed by atoms with Crippen LogP contribution in [0.5, 0.6) is 5.75 Å². The number of benzene rings is 4. The number of amides is 1. The van der Waals surface area contributed by atoms with Crippen LogP contribution in [0.3, 0.4) is 0 Å². The lowest BCUT2D eigenvalue weighted by atomic mass is 9.62. The summed E-state index contributed by atoms with van der Waals surface area (Å²) in [6.45, 7) is 3.85. The second-order valence-electron chi connectivity index (χ2n) is 11.2. The van der Waals surface area contributed by atoms with Crippen LogP contribution < -0.4 is 10.1 Å². The van der Waals surface area contributed by atoms with Crippen LogP contribution in [-0.4, -0.2) is 39.9 Å². The van der Waals surface area contributed by atoms with Gasteiger partial charge >= 0.3 is 0 Å². The van der Waals surface area contributed by atoms with E-state index in [0.717, 1.165) is 11.1 Å². The highest BCUT2D eigenvalue weighted by Gasteiger charge is 2.71. The van der Waals surface area contributed by atoms with Crippen LogP contribution in [0.1, 0.15) is 43.4 Å². The normalized spacial score (nSPS) is 22.3. The Kier molecular flexibility index (Phi) is 6.66. The molecule has 4 aromatic carbocycles. The lowest BCUT2D eigenvalue weighted by molar-refractivity contribution is -0.384. The van der Waals surface area contributed by atoms with Crippen molar-refractivity contribution in [2.24, 2.45) is 5.92 Å². The van der Waals surface area contributed by atoms with Gasteiger partial charge in [-0.3, -0.25) is 24.5 Å². The topological polar surface area (TPSA) is 119 Å². The fourth-order valence-electron chi connectivity index (χ4n) is 7.22. The number of ketones is 2. The Bertz CT molecular complexity index is 1950. The van der Waals surface area contributed by atoms with Crippen molar-refractivity contribution < 1.29 is 24.0 Å². The summed E-state index contributed by atoms with van der Waals surface area (Å²) in [6.07, 6.45) is 5.19. The lowest BCUT2D eigenvalue weighted by Gasteiger charge is -2.38. The number of fused-ring (bicyclic) bond motifs is 6. The molecule has 9 nitrogen and oxygen atoms in total. The summed E-state index contributed by atoms with van der Waals surface area (Å²) in [5, 5.41) is 14.7. The van der Waals surface area contributed by atoms with E-state index >= 15 is 4.79 Å². The Balaban J connectivity index is 1.52. The zero-order valence-electron chi connectivity index (χ0n) is 24.0. The number of Topliss-reactive ketones (excluding diaryl/α,β-unsaturated/α-hetero) is 2. The molecule has 0 radical (unpaired) electrons. The molecule has 0 bridgehead atoms. The largest absolute Gasteiger partial charge is 0.489 e. The molecule has 3 heterocycles. The van der Waals surface area contributed by atoms with Crippen LogP contribution in [0, 0.1) is 16.0 Å². The van der Waals surface area contributed by atoms with Crippen LogP contribution in [0.15, 0.2) is 116 Å². The van der Waals surface area contributed by atoms with Gasteiger partial charge in [-0.15, -0.1) is 0 Å². The number of nitrogens with one attached hydrogen (secondary N) is 1. The number of carbonyl (C=O) groups excluding carboxylic acids is 3. The molecule has 3 aliphatic heterocycles. The molecule has 1 fully saturated rings. The van der Waals surface area contributed by atoms with Gasteiger partial charge in [-0.05, 0) is 41.0 Å². The molecular formula is C36H27N3O6. The van der Waals surface area contributed by atoms with Gasteiger partial charge in [0.1, 0.15) is 23.8 Å². The van der Waals surface area contributed by atoms with Crippen molar-refractivity contribution in [3.05, 3.63) is 154 Å². The summed E-state index contributed by atoms with van der Waals surface area (Å²) in [5.41, 5.74) is 1.31. The third-order valence-corrected chi connectivity index (χ3v) is 8.97. The first-order chi connectivity index (χ1) is 21.9. The summed E-state index contributed by atoms with van der Waals surface area (Å²) in [7, 11) is 0. The number of nitrogens with zero attached hydrogens (tertiary/aromatic N) is 2. The van der Waals surface area contributed by atoms with E-state index in [-0.39, 0.29) is 23.4 Å². The third kappa shape index (κ3) is 4.11. The number of nitro benzene ring substituents is 1. The van der Waals surface area contributed by atoms with Crippen molar-refractivity contribution in [1.29, 1.82) is 0 Å². The van der Waals surface area contributed by atoms with Gasteiger partial charge < -0.3 is 15.0 Å². The highest BCUT2D eigenvalue weighted by molar-refractivity contribution is 6.17. The summed E-state index contributed by atoms with van der Waals surface area (Å²) in [6, 6.07) is 25.1. The maximum absolute atomic E-state index is 15.1. The van der Waals surface area contributed by atoms with Crippen molar-refractivity contribution in [1.82, 2.24) is 4.90 Å². The minimum Gasteiger partial charge on any atom is -0.489 e. The molecule has 1 spiro atoms. The smallest absolute Gasteiger partial charge is 0.270 e. The number of anilines is 1. The van der Waals surface area contributed by atoms with E-state index in [9.17, 15) is 19.7 Å². The summed E-state index contributed by atoms with van der Waals surface area (Å²) in [5.74, 6) is -2.31. The molecule has 1 saturated heterocycles. The average Bonchev–Trinajstić information content (AvgIpc) is 3.55. The first-order valence-electron chi connectivity index (χ1n) is 14.5. The first-order valence-corrected chi connectivity index (χ1v) is 14.5. The van der Waals surface area contributed by atoms with E-state index in [1.54, 1.807) is 53.6 Å². The molecular weight excluding hydrogens is 570 g/mol. The number of para-hydroxylation sites is 2. The summed E-state index contributed by atoms with van der Waals surface area (Å²) >= 11 is 0. The highest BCUT2D eigenvalue weighted by atomic mass is 16.6. The van der Waals surface area contributed by atoms with Crippen molar-refractivity contribution in [2.45, 2.75) is 17.5 Å². The molecule has 1 N–H and O–H groups in total. The van der Waals surface area contributed by atoms with Gasteiger partial charge in [0, 0.05) is 29.6 Å². The number of ether oxygens (including phenoxy) is 1. The Morgan fingerprint density at radius 2 is 1.73 bits per heavy atom. The van der Waals surface area contributed by atoms with Crippen LogP contribution in [0.25, 0.3) is 6.08 Å². The predicted octanol–water partition coefficient (Wildman–Crippen LogP) is 6.14. The van der Waals surface area contributed by atoms with Crippen LogP contribution in [0.4, 0.5) is 11.4 Å². The van der Waals surface area contributed by atoms with Crippen molar-refractivity contribution in [3.63, 3.8) is 0 Å². The van der Waals surface area contributed by atoms with Crippen LogP contribution in [-0.2, 0) is 10.2 Å². The number of carbonyl (C=O) groups is 3. The first kappa shape index (κ1) is 28.0. The van der Waals surface area contributed by atoms with Gasteiger partial charge in [0.2, 0.25) is 5.91 Å². The fourth-order valence-corrected chi connectivity index (χ4v) is 7.22. The van der Waals surface area contributed by atoms with E-state index in [0.29, 0.717) is 17.0 Å². The SMILES string of the molecule is C=CCOc1ccccc1C(=O)[C@H]1[C@H](C(=O)c2cccc([N+](=O)[O-])c2)N2C=Cc3ccccc3[C@@H]2[C@]12C(=O)Nc1ccccc12. The second-order valence-corrected chi connectivity index (χ2v) is 11.2. The Morgan fingerprint density at radius 3 is 2.56 bits per heavy atom. The van der Waals surface area contributed by atoms with Crippen LogP contribution >= 0.6 is 0 Å². The zero-order chi connectivity index (χ0) is 31.3. The molecule has 4 atom stereocenters. The van der Waals surface area contributed by atoms with Gasteiger partial charge in [-0.25, -0.2) is 0 Å². The molecule has 0 unspecified atom stereocenters. The molecule has 0 saturated carbocycles. The van der Waals surface area contributed by atoms with Crippen molar-refractivity contribution in [2.75, 3.05) is 11.9 Å². The monoisotopic (exact) mass is 597 g/mol. The van der Waals surface area contributed by atoms with E-state index in [1.165, 1.54) is 24.3 Å². The number of hydrogen-bond acceptors (Lipinski definition) is 7. The zero-order valence-corrected chi connectivity index (χ0v) is 24.0. The van der Waals surface area contributed by atoms with Gasteiger partial charge in [-0.2, -0.15) is 0 Å². The van der Waals surface area contributed by atoms with E-state index in [1.807, 2.05) is 42.5 Å². The maximum atomic E-state index is 15.1. The van der Waals surface area contributed by atoms with Gasteiger partial charge in [-0.1, -0.05) is 79.4 Å². The minimum atomic E-state index is -1.54. The molecule has 9 heteroatoms.